The third-order valence-corrected chi connectivity index (χ3v) is 4.87. The molecule has 1 saturated heterocycles. The molecule has 1 atom stereocenters. The van der Waals surface area contributed by atoms with Crippen LogP contribution in [-0.2, 0) is 0 Å². The van der Waals surface area contributed by atoms with Crippen molar-refractivity contribution >= 4 is 0 Å². The maximum absolute atomic E-state index is 3.69. The molecule has 2 fully saturated rings. The van der Waals surface area contributed by atoms with Crippen LogP contribution in [0, 0.1) is 11.8 Å². The summed E-state index contributed by atoms with van der Waals surface area (Å²) in [5.41, 5.74) is 0. The Morgan fingerprint density at radius 3 is 2.61 bits per heavy atom. The molecular weight excluding hydrogens is 220 g/mol. The molecule has 1 saturated carbocycles. The van der Waals surface area contributed by atoms with Crippen LogP contribution in [-0.4, -0.2) is 37.6 Å². The van der Waals surface area contributed by atoms with E-state index in [2.05, 4.69) is 17.1 Å². The second-order valence-electron chi connectivity index (χ2n) is 6.59. The Balaban J connectivity index is 1.51. The highest BCUT2D eigenvalue weighted by molar-refractivity contribution is 4.70. The van der Waals surface area contributed by atoms with Gasteiger partial charge in [0.25, 0.3) is 0 Å². The summed E-state index contributed by atoms with van der Waals surface area (Å²) in [6, 6.07) is 0. The summed E-state index contributed by atoms with van der Waals surface area (Å²) in [6.07, 6.45) is 11.6. The smallest absolute Gasteiger partial charge is 0.0107 e. The van der Waals surface area contributed by atoms with Gasteiger partial charge in [0.2, 0.25) is 0 Å². The van der Waals surface area contributed by atoms with Crippen LogP contribution in [0.2, 0.25) is 0 Å². The fourth-order valence-electron chi connectivity index (χ4n) is 3.48. The Kier molecular flexibility index (Phi) is 6.50. The van der Waals surface area contributed by atoms with Crippen molar-refractivity contribution in [3.63, 3.8) is 0 Å². The lowest BCUT2D eigenvalue weighted by atomic mass is 9.89. The highest BCUT2D eigenvalue weighted by Gasteiger charge is 2.14. The van der Waals surface area contributed by atoms with Gasteiger partial charge in [0, 0.05) is 13.1 Å². The van der Waals surface area contributed by atoms with E-state index in [0.29, 0.717) is 0 Å². The van der Waals surface area contributed by atoms with Crippen molar-refractivity contribution in [1.82, 2.24) is 10.2 Å². The molecule has 0 bridgehead atoms. The van der Waals surface area contributed by atoms with Crippen LogP contribution < -0.4 is 5.32 Å². The Labute approximate surface area is 114 Å². The molecule has 0 aromatic heterocycles. The molecule has 0 spiro atoms. The summed E-state index contributed by atoms with van der Waals surface area (Å²) < 4.78 is 0. The second kappa shape index (κ2) is 8.16. The van der Waals surface area contributed by atoms with E-state index < -0.39 is 0 Å². The maximum Gasteiger partial charge on any atom is 0.0107 e. The molecule has 0 aromatic rings. The summed E-state index contributed by atoms with van der Waals surface area (Å²) in [7, 11) is 0. The second-order valence-corrected chi connectivity index (χ2v) is 6.59. The van der Waals surface area contributed by atoms with Crippen molar-refractivity contribution in [2.45, 2.75) is 58.3 Å². The molecular formula is C16H32N2. The molecule has 1 unspecified atom stereocenters. The summed E-state index contributed by atoms with van der Waals surface area (Å²) in [5, 5.41) is 3.69. The zero-order chi connectivity index (χ0) is 12.6. The van der Waals surface area contributed by atoms with E-state index >= 15 is 0 Å². The van der Waals surface area contributed by atoms with Crippen molar-refractivity contribution in [3.05, 3.63) is 0 Å². The molecule has 2 nitrogen and oxygen atoms in total. The first-order chi connectivity index (χ1) is 8.84. The lowest BCUT2D eigenvalue weighted by Gasteiger charge is -2.24. The van der Waals surface area contributed by atoms with Gasteiger partial charge < -0.3 is 10.2 Å². The first-order valence-corrected chi connectivity index (χ1v) is 8.27. The molecule has 0 amide bonds. The van der Waals surface area contributed by atoms with E-state index in [9.17, 15) is 0 Å². The molecule has 1 aliphatic carbocycles. The fraction of sp³-hybridized carbons (Fsp3) is 1.00. The molecule has 1 N–H and O–H groups in total. The van der Waals surface area contributed by atoms with Crippen LogP contribution >= 0.6 is 0 Å². The monoisotopic (exact) mass is 252 g/mol. The van der Waals surface area contributed by atoms with Crippen LogP contribution in [0.1, 0.15) is 58.3 Å². The van der Waals surface area contributed by atoms with Crippen molar-refractivity contribution in [2.24, 2.45) is 11.8 Å². The SMILES string of the molecule is CC1CCCN(CCNCC2CCCCC2)CC1. The van der Waals surface area contributed by atoms with Gasteiger partial charge in [-0.1, -0.05) is 26.2 Å². The Morgan fingerprint density at radius 2 is 1.78 bits per heavy atom. The first-order valence-electron chi connectivity index (χ1n) is 8.27. The lowest BCUT2D eigenvalue weighted by molar-refractivity contribution is 0.272. The maximum atomic E-state index is 3.69. The Morgan fingerprint density at radius 1 is 0.944 bits per heavy atom. The van der Waals surface area contributed by atoms with Gasteiger partial charge in [0.15, 0.2) is 0 Å². The molecule has 1 heterocycles. The van der Waals surface area contributed by atoms with E-state index in [1.54, 1.807) is 0 Å². The summed E-state index contributed by atoms with van der Waals surface area (Å²) in [6.45, 7) is 8.79. The lowest BCUT2D eigenvalue weighted by Crippen LogP contribution is -2.35. The van der Waals surface area contributed by atoms with Gasteiger partial charge in [-0.2, -0.15) is 0 Å². The van der Waals surface area contributed by atoms with E-state index in [1.807, 2.05) is 0 Å². The minimum absolute atomic E-state index is 0.949. The van der Waals surface area contributed by atoms with Crippen molar-refractivity contribution in [3.8, 4) is 0 Å². The van der Waals surface area contributed by atoms with Crippen LogP contribution in [0.5, 0.6) is 0 Å². The summed E-state index contributed by atoms with van der Waals surface area (Å²) in [5.74, 6) is 1.92. The van der Waals surface area contributed by atoms with Gasteiger partial charge in [-0.05, 0) is 63.6 Å². The molecule has 2 aliphatic rings. The average molecular weight is 252 g/mol. The van der Waals surface area contributed by atoms with E-state index in [0.717, 1.165) is 11.8 Å². The fourth-order valence-corrected chi connectivity index (χ4v) is 3.48. The van der Waals surface area contributed by atoms with Crippen molar-refractivity contribution in [1.29, 1.82) is 0 Å². The van der Waals surface area contributed by atoms with Crippen LogP contribution in [0.25, 0.3) is 0 Å². The normalized spacial score (nSPS) is 28.2. The molecule has 0 radical (unpaired) electrons. The number of rotatable bonds is 5. The van der Waals surface area contributed by atoms with Gasteiger partial charge in [-0.15, -0.1) is 0 Å². The zero-order valence-corrected chi connectivity index (χ0v) is 12.3. The minimum Gasteiger partial charge on any atom is -0.315 e. The molecule has 2 heteroatoms. The highest BCUT2D eigenvalue weighted by Crippen LogP contribution is 2.22. The quantitative estimate of drug-likeness (QED) is 0.755. The number of nitrogens with zero attached hydrogens (tertiary/aromatic N) is 1. The predicted octanol–water partition coefficient (Wildman–Crippen LogP) is 3.28. The zero-order valence-electron chi connectivity index (χ0n) is 12.3. The Hall–Kier alpha value is -0.0800. The highest BCUT2D eigenvalue weighted by atomic mass is 15.1. The van der Waals surface area contributed by atoms with Crippen molar-refractivity contribution in [2.75, 3.05) is 32.7 Å². The van der Waals surface area contributed by atoms with Crippen LogP contribution in [0.15, 0.2) is 0 Å². The van der Waals surface area contributed by atoms with Crippen LogP contribution in [0.3, 0.4) is 0 Å². The van der Waals surface area contributed by atoms with E-state index in [1.165, 1.54) is 84.1 Å². The topological polar surface area (TPSA) is 15.3 Å². The van der Waals surface area contributed by atoms with Gasteiger partial charge in [0.05, 0.1) is 0 Å². The number of hydrogen-bond donors (Lipinski definition) is 1. The summed E-state index contributed by atoms with van der Waals surface area (Å²) in [4.78, 5) is 2.66. The van der Waals surface area contributed by atoms with Gasteiger partial charge in [-0.3, -0.25) is 0 Å². The van der Waals surface area contributed by atoms with E-state index in [4.69, 9.17) is 0 Å². The Bertz CT molecular complexity index is 211. The molecule has 106 valence electrons. The first kappa shape index (κ1) is 14.3. The van der Waals surface area contributed by atoms with Crippen molar-refractivity contribution < 1.29 is 0 Å². The largest absolute Gasteiger partial charge is 0.315 e. The van der Waals surface area contributed by atoms with E-state index in [-0.39, 0.29) is 0 Å². The molecule has 2 rings (SSSR count). The summed E-state index contributed by atoms with van der Waals surface area (Å²) >= 11 is 0. The van der Waals surface area contributed by atoms with Gasteiger partial charge in [0.1, 0.15) is 0 Å². The number of nitrogens with one attached hydrogen (secondary N) is 1. The third kappa shape index (κ3) is 5.27. The molecule has 0 aromatic carbocycles. The number of hydrogen-bond acceptors (Lipinski definition) is 2. The molecule has 18 heavy (non-hydrogen) atoms. The molecule has 1 aliphatic heterocycles. The van der Waals surface area contributed by atoms with Crippen LogP contribution in [0.4, 0.5) is 0 Å². The number of likely N-dealkylation sites (tertiary alicyclic amines) is 1. The average Bonchev–Trinajstić information content (AvgIpc) is 2.61. The minimum atomic E-state index is 0.949. The standard InChI is InChI=1S/C16H32N2/c1-15-6-5-11-18(12-9-15)13-10-17-14-16-7-3-2-4-8-16/h15-17H,2-14H2,1H3. The predicted molar refractivity (Wildman–Crippen MR) is 78.9 cm³/mol. The van der Waals surface area contributed by atoms with Gasteiger partial charge >= 0.3 is 0 Å². The van der Waals surface area contributed by atoms with Gasteiger partial charge in [-0.25, -0.2) is 0 Å². The third-order valence-electron chi connectivity index (χ3n) is 4.87.